The van der Waals surface area contributed by atoms with Gasteiger partial charge >= 0.3 is 0 Å². The SMILES string of the molecule is Cc1cc(NC(=O)C(C)(C)O)cc(OCc2ccccc2)c1. The highest BCUT2D eigenvalue weighted by Gasteiger charge is 2.23. The zero-order valence-electron chi connectivity index (χ0n) is 13.1. The summed E-state index contributed by atoms with van der Waals surface area (Å²) in [6, 6.07) is 15.4. The van der Waals surface area contributed by atoms with Gasteiger partial charge in [0.05, 0.1) is 0 Å². The molecule has 0 radical (unpaired) electrons. The number of ether oxygens (including phenoxy) is 1. The van der Waals surface area contributed by atoms with E-state index in [2.05, 4.69) is 5.32 Å². The van der Waals surface area contributed by atoms with Crippen molar-refractivity contribution in [3.8, 4) is 5.75 Å². The van der Waals surface area contributed by atoms with Crippen LogP contribution in [0.5, 0.6) is 5.75 Å². The summed E-state index contributed by atoms with van der Waals surface area (Å²) < 4.78 is 5.77. The van der Waals surface area contributed by atoms with Crippen LogP contribution in [0.2, 0.25) is 0 Å². The minimum Gasteiger partial charge on any atom is -0.489 e. The van der Waals surface area contributed by atoms with E-state index < -0.39 is 11.5 Å². The van der Waals surface area contributed by atoms with E-state index in [0.29, 0.717) is 18.0 Å². The summed E-state index contributed by atoms with van der Waals surface area (Å²) in [6.07, 6.45) is 0. The topological polar surface area (TPSA) is 58.6 Å². The third-order valence-corrected chi connectivity index (χ3v) is 3.11. The molecule has 22 heavy (non-hydrogen) atoms. The van der Waals surface area contributed by atoms with Crippen molar-refractivity contribution in [2.45, 2.75) is 33.0 Å². The molecule has 4 nitrogen and oxygen atoms in total. The van der Waals surface area contributed by atoms with E-state index in [9.17, 15) is 9.90 Å². The quantitative estimate of drug-likeness (QED) is 0.890. The lowest BCUT2D eigenvalue weighted by Gasteiger charge is -2.17. The van der Waals surface area contributed by atoms with Crippen molar-refractivity contribution in [1.82, 2.24) is 0 Å². The van der Waals surface area contributed by atoms with Gasteiger partial charge in [0.15, 0.2) is 0 Å². The second-order valence-corrected chi connectivity index (χ2v) is 5.82. The summed E-state index contributed by atoms with van der Waals surface area (Å²) in [5.41, 5.74) is 1.23. The Labute approximate surface area is 130 Å². The van der Waals surface area contributed by atoms with E-state index in [1.807, 2.05) is 49.4 Å². The molecule has 0 saturated carbocycles. The van der Waals surface area contributed by atoms with Crippen molar-refractivity contribution in [2.75, 3.05) is 5.32 Å². The number of carbonyl (C=O) groups is 1. The molecule has 2 aromatic rings. The number of aliphatic hydroxyl groups is 1. The van der Waals surface area contributed by atoms with E-state index in [-0.39, 0.29) is 0 Å². The number of anilines is 1. The third-order valence-electron chi connectivity index (χ3n) is 3.11. The largest absolute Gasteiger partial charge is 0.489 e. The van der Waals surface area contributed by atoms with Crippen LogP contribution in [0.3, 0.4) is 0 Å². The van der Waals surface area contributed by atoms with Gasteiger partial charge in [0.2, 0.25) is 0 Å². The Morgan fingerprint density at radius 3 is 2.50 bits per heavy atom. The fraction of sp³-hybridized carbons (Fsp3) is 0.278. The molecule has 116 valence electrons. The van der Waals surface area contributed by atoms with Crippen LogP contribution in [0.4, 0.5) is 5.69 Å². The summed E-state index contributed by atoms with van der Waals surface area (Å²) in [7, 11) is 0. The lowest BCUT2D eigenvalue weighted by atomic mass is 10.1. The molecule has 4 heteroatoms. The molecule has 1 amide bonds. The minimum absolute atomic E-state index is 0.452. The molecule has 0 aliphatic heterocycles. The van der Waals surface area contributed by atoms with Crippen LogP contribution in [0.1, 0.15) is 25.0 Å². The van der Waals surface area contributed by atoms with Crippen LogP contribution in [0.25, 0.3) is 0 Å². The zero-order chi connectivity index (χ0) is 16.2. The minimum atomic E-state index is -1.42. The highest BCUT2D eigenvalue weighted by atomic mass is 16.5. The predicted octanol–water partition coefficient (Wildman–Crippen LogP) is 3.28. The Hall–Kier alpha value is -2.33. The summed E-state index contributed by atoms with van der Waals surface area (Å²) in [6.45, 7) is 5.29. The van der Waals surface area contributed by atoms with Crippen LogP contribution in [-0.2, 0) is 11.4 Å². The van der Waals surface area contributed by atoms with E-state index in [0.717, 1.165) is 11.1 Å². The van der Waals surface area contributed by atoms with Crippen molar-refractivity contribution >= 4 is 11.6 Å². The number of hydrogen-bond acceptors (Lipinski definition) is 3. The Balaban J connectivity index is 2.08. The van der Waals surface area contributed by atoms with Crippen molar-refractivity contribution < 1.29 is 14.6 Å². The molecular formula is C18H21NO3. The molecule has 0 aliphatic carbocycles. The molecular weight excluding hydrogens is 278 g/mol. The van der Waals surface area contributed by atoms with Gasteiger partial charge in [-0.2, -0.15) is 0 Å². The second-order valence-electron chi connectivity index (χ2n) is 5.82. The molecule has 0 aromatic heterocycles. The number of rotatable bonds is 5. The molecule has 2 aromatic carbocycles. The van der Waals surface area contributed by atoms with Crippen LogP contribution in [0.15, 0.2) is 48.5 Å². The van der Waals surface area contributed by atoms with E-state index in [1.54, 1.807) is 6.07 Å². The summed E-state index contributed by atoms with van der Waals surface area (Å²) in [5.74, 6) is 0.224. The second kappa shape index (κ2) is 6.62. The van der Waals surface area contributed by atoms with Crippen molar-refractivity contribution in [3.05, 3.63) is 59.7 Å². The van der Waals surface area contributed by atoms with E-state index in [1.165, 1.54) is 13.8 Å². The highest BCUT2D eigenvalue weighted by Crippen LogP contribution is 2.22. The smallest absolute Gasteiger partial charge is 0.255 e. The van der Waals surface area contributed by atoms with Crippen LogP contribution >= 0.6 is 0 Å². The number of nitrogens with one attached hydrogen (secondary N) is 1. The summed E-state index contributed by atoms with van der Waals surface area (Å²) >= 11 is 0. The fourth-order valence-corrected chi connectivity index (χ4v) is 1.93. The first-order valence-electron chi connectivity index (χ1n) is 7.17. The average molecular weight is 299 g/mol. The van der Waals surface area contributed by atoms with Gasteiger partial charge in [-0.1, -0.05) is 30.3 Å². The first-order valence-corrected chi connectivity index (χ1v) is 7.17. The van der Waals surface area contributed by atoms with Gasteiger partial charge in [0, 0.05) is 11.8 Å². The van der Waals surface area contributed by atoms with Gasteiger partial charge in [-0.3, -0.25) is 4.79 Å². The Morgan fingerprint density at radius 1 is 1.18 bits per heavy atom. The lowest BCUT2D eigenvalue weighted by Crippen LogP contribution is -2.36. The first kappa shape index (κ1) is 16.0. The molecule has 0 unspecified atom stereocenters. The Kier molecular flexibility index (Phi) is 4.83. The van der Waals surface area contributed by atoms with Crippen LogP contribution < -0.4 is 10.1 Å². The predicted molar refractivity (Wildman–Crippen MR) is 86.9 cm³/mol. The number of benzene rings is 2. The molecule has 0 fully saturated rings. The lowest BCUT2D eigenvalue weighted by molar-refractivity contribution is -0.130. The maximum atomic E-state index is 11.8. The van der Waals surface area contributed by atoms with Crippen molar-refractivity contribution in [1.29, 1.82) is 0 Å². The van der Waals surface area contributed by atoms with Crippen LogP contribution in [0, 0.1) is 6.92 Å². The van der Waals surface area contributed by atoms with Gasteiger partial charge < -0.3 is 15.2 Å². The highest BCUT2D eigenvalue weighted by molar-refractivity contribution is 5.96. The number of amides is 1. The molecule has 0 aliphatic rings. The monoisotopic (exact) mass is 299 g/mol. The first-order chi connectivity index (χ1) is 10.3. The normalized spacial score (nSPS) is 11.1. The molecule has 0 saturated heterocycles. The molecule has 2 N–H and O–H groups in total. The number of aryl methyl sites for hydroxylation is 1. The van der Waals surface area contributed by atoms with E-state index >= 15 is 0 Å². The Bertz CT molecular complexity index is 645. The standard InChI is InChI=1S/C18H21NO3/c1-13-9-15(19-17(20)18(2,3)21)11-16(10-13)22-12-14-7-5-4-6-8-14/h4-11,21H,12H2,1-3H3,(H,19,20). The average Bonchev–Trinajstić information content (AvgIpc) is 2.44. The molecule has 0 heterocycles. The van der Waals surface area contributed by atoms with Crippen LogP contribution in [-0.4, -0.2) is 16.6 Å². The van der Waals surface area contributed by atoms with Gasteiger partial charge in [-0.15, -0.1) is 0 Å². The van der Waals surface area contributed by atoms with Gasteiger partial charge in [-0.05, 0) is 44.0 Å². The number of hydrogen-bond donors (Lipinski definition) is 2. The molecule has 2 rings (SSSR count). The maximum absolute atomic E-state index is 11.8. The Morgan fingerprint density at radius 2 is 1.86 bits per heavy atom. The fourth-order valence-electron chi connectivity index (χ4n) is 1.93. The van der Waals surface area contributed by atoms with Crippen molar-refractivity contribution in [3.63, 3.8) is 0 Å². The van der Waals surface area contributed by atoms with E-state index in [4.69, 9.17) is 4.74 Å². The van der Waals surface area contributed by atoms with Gasteiger partial charge in [0.25, 0.3) is 5.91 Å². The van der Waals surface area contributed by atoms with Crippen molar-refractivity contribution in [2.24, 2.45) is 0 Å². The molecule has 0 spiro atoms. The maximum Gasteiger partial charge on any atom is 0.255 e. The van der Waals surface area contributed by atoms with Gasteiger partial charge in [0.1, 0.15) is 18.0 Å². The molecule has 0 atom stereocenters. The number of carbonyl (C=O) groups excluding carboxylic acids is 1. The zero-order valence-corrected chi connectivity index (χ0v) is 13.1. The van der Waals surface area contributed by atoms with Gasteiger partial charge in [-0.25, -0.2) is 0 Å². The summed E-state index contributed by atoms with van der Waals surface area (Å²) in [5, 5.41) is 12.4. The molecule has 0 bridgehead atoms. The summed E-state index contributed by atoms with van der Waals surface area (Å²) in [4.78, 5) is 11.8. The third kappa shape index (κ3) is 4.60.